The smallest absolute Gasteiger partial charge is 0.344 e. The van der Waals surface area contributed by atoms with E-state index in [-0.39, 0.29) is 0 Å². The van der Waals surface area contributed by atoms with Crippen LogP contribution in [0.15, 0.2) is 59.2 Å². The molecule has 1 heterocycles. The van der Waals surface area contributed by atoms with Gasteiger partial charge in [-0.3, -0.25) is 0 Å². The average molecular weight is 338 g/mol. The van der Waals surface area contributed by atoms with Crippen molar-refractivity contribution in [2.75, 3.05) is 0 Å². The Balaban J connectivity index is 1.74. The number of carbonyl (C=O) groups is 1. The summed E-state index contributed by atoms with van der Waals surface area (Å²) in [6, 6.07) is 15.4. The normalized spacial score (nSPS) is 12.2. The van der Waals surface area contributed by atoms with Gasteiger partial charge >= 0.3 is 5.97 Å². The second-order valence-corrected chi connectivity index (χ2v) is 6.12. The molecule has 1 aromatic heterocycles. The lowest BCUT2D eigenvalue weighted by Gasteiger charge is -2.15. The third-order valence-corrected chi connectivity index (χ3v) is 4.25. The molecule has 1 atom stereocenters. The monoisotopic (exact) mass is 338 g/mol. The molecule has 0 fully saturated rings. The van der Waals surface area contributed by atoms with E-state index < -0.39 is 12.1 Å². The van der Waals surface area contributed by atoms with Crippen LogP contribution in [0.4, 0.5) is 0 Å². The quantitative estimate of drug-likeness (QED) is 0.550. The third kappa shape index (κ3) is 4.02. The van der Waals surface area contributed by atoms with Crippen LogP contribution in [-0.4, -0.2) is 17.2 Å². The molecule has 25 heavy (non-hydrogen) atoms. The second-order valence-electron chi connectivity index (χ2n) is 6.12. The molecule has 0 saturated heterocycles. The van der Waals surface area contributed by atoms with Crippen molar-refractivity contribution >= 4 is 16.7 Å². The Morgan fingerprint density at radius 1 is 1.12 bits per heavy atom. The summed E-state index contributed by atoms with van der Waals surface area (Å²) in [6.45, 7) is 2.09. The predicted molar refractivity (Wildman–Crippen MR) is 97.8 cm³/mol. The second kappa shape index (κ2) is 7.88. The number of benzene rings is 2. The summed E-state index contributed by atoms with van der Waals surface area (Å²) in [6.07, 6.45) is 4.37. The highest BCUT2D eigenvalue weighted by Gasteiger charge is 2.19. The van der Waals surface area contributed by atoms with E-state index in [9.17, 15) is 9.90 Å². The molecule has 4 heteroatoms. The van der Waals surface area contributed by atoms with Gasteiger partial charge < -0.3 is 14.3 Å². The molecule has 3 aromatic rings. The Labute approximate surface area is 147 Å². The van der Waals surface area contributed by atoms with Crippen LogP contribution in [0.1, 0.15) is 32.6 Å². The molecular formula is C21H22O4. The molecule has 0 bridgehead atoms. The number of carboxylic acid groups (broad SMARTS) is 1. The Morgan fingerprint density at radius 3 is 2.60 bits per heavy atom. The van der Waals surface area contributed by atoms with Crippen molar-refractivity contribution in [3.63, 3.8) is 0 Å². The van der Waals surface area contributed by atoms with Gasteiger partial charge in [-0.25, -0.2) is 4.79 Å². The molecule has 0 saturated carbocycles. The molecule has 4 nitrogen and oxygen atoms in total. The van der Waals surface area contributed by atoms with Crippen molar-refractivity contribution in [1.82, 2.24) is 0 Å². The summed E-state index contributed by atoms with van der Waals surface area (Å²) in [5, 5.41) is 11.4. The summed E-state index contributed by atoms with van der Waals surface area (Å²) in [4.78, 5) is 11.4. The van der Waals surface area contributed by atoms with E-state index in [1.165, 1.54) is 0 Å². The number of hydrogen-bond donors (Lipinski definition) is 1. The Hall–Kier alpha value is -2.75. The fourth-order valence-electron chi connectivity index (χ4n) is 2.88. The van der Waals surface area contributed by atoms with E-state index in [1.54, 1.807) is 18.4 Å². The van der Waals surface area contributed by atoms with Crippen molar-refractivity contribution in [3.8, 4) is 17.1 Å². The number of unbranched alkanes of at least 4 members (excludes halogenated alkanes) is 2. The third-order valence-electron chi connectivity index (χ3n) is 4.25. The molecule has 0 amide bonds. The maximum atomic E-state index is 11.4. The van der Waals surface area contributed by atoms with Crippen molar-refractivity contribution < 1.29 is 19.1 Å². The van der Waals surface area contributed by atoms with Crippen LogP contribution >= 0.6 is 0 Å². The number of furan rings is 1. The minimum Gasteiger partial charge on any atom is -0.479 e. The van der Waals surface area contributed by atoms with Gasteiger partial charge in [-0.1, -0.05) is 44.0 Å². The standard InChI is InChI=1S/C21H22O4/c1-2-3-4-9-19(21(22)23)25-17-12-10-15(11-13-17)20-18-8-6-5-7-16(18)14-24-20/h5-8,10-14,19H,2-4,9H2,1H3,(H,22,23). The molecule has 0 radical (unpaired) electrons. The van der Waals surface area contributed by atoms with Crippen LogP contribution in [0.3, 0.4) is 0 Å². The maximum Gasteiger partial charge on any atom is 0.344 e. The molecule has 130 valence electrons. The molecule has 1 N–H and O–H groups in total. The van der Waals surface area contributed by atoms with Crippen molar-refractivity contribution in [1.29, 1.82) is 0 Å². The van der Waals surface area contributed by atoms with Gasteiger partial charge in [-0.15, -0.1) is 0 Å². The number of rotatable bonds is 8. The number of fused-ring (bicyclic) bond motifs is 1. The van der Waals surface area contributed by atoms with Crippen LogP contribution in [-0.2, 0) is 4.79 Å². The van der Waals surface area contributed by atoms with Gasteiger partial charge in [0.1, 0.15) is 11.5 Å². The van der Waals surface area contributed by atoms with Crippen LogP contribution in [0.5, 0.6) is 5.75 Å². The number of ether oxygens (including phenoxy) is 1. The molecule has 0 aliphatic heterocycles. The van der Waals surface area contributed by atoms with Crippen LogP contribution < -0.4 is 4.74 Å². The van der Waals surface area contributed by atoms with Crippen molar-refractivity contribution in [3.05, 3.63) is 54.8 Å². The van der Waals surface area contributed by atoms with E-state index in [0.29, 0.717) is 12.2 Å². The highest BCUT2D eigenvalue weighted by atomic mass is 16.5. The van der Waals surface area contributed by atoms with Gasteiger partial charge in [0.15, 0.2) is 6.10 Å². The number of hydrogen-bond acceptors (Lipinski definition) is 3. The first-order chi connectivity index (χ1) is 12.2. The zero-order chi connectivity index (χ0) is 17.6. The highest BCUT2D eigenvalue weighted by Crippen LogP contribution is 2.31. The van der Waals surface area contributed by atoms with Crippen LogP contribution in [0, 0.1) is 0 Å². The van der Waals surface area contributed by atoms with Crippen molar-refractivity contribution in [2.45, 2.75) is 38.7 Å². The zero-order valence-electron chi connectivity index (χ0n) is 14.3. The molecule has 3 rings (SSSR count). The molecule has 0 spiro atoms. The van der Waals surface area contributed by atoms with E-state index in [2.05, 4.69) is 6.92 Å². The maximum absolute atomic E-state index is 11.4. The lowest BCUT2D eigenvalue weighted by atomic mass is 10.1. The SMILES string of the molecule is CCCCCC(Oc1ccc(-c2occ3ccccc23)cc1)C(=O)O. The topological polar surface area (TPSA) is 59.7 Å². The minimum absolute atomic E-state index is 0.522. The van der Waals surface area contributed by atoms with Gasteiger partial charge in [0.25, 0.3) is 0 Å². The Morgan fingerprint density at radius 2 is 1.88 bits per heavy atom. The minimum atomic E-state index is -0.919. The van der Waals surface area contributed by atoms with E-state index >= 15 is 0 Å². The van der Waals surface area contributed by atoms with Gasteiger partial charge in [0.05, 0.1) is 6.26 Å². The molecular weight excluding hydrogens is 316 g/mol. The van der Waals surface area contributed by atoms with E-state index in [1.807, 2.05) is 36.4 Å². The molecule has 0 aliphatic rings. The summed E-state index contributed by atoms with van der Waals surface area (Å²) >= 11 is 0. The average Bonchev–Trinajstić information content (AvgIpc) is 3.05. The summed E-state index contributed by atoms with van der Waals surface area (Å²) in [5.74, 6) is 0.445. The first-order valence-electron chi connectivity index (χ1n) is 8.65. The summed E-state index contributed by atoms with van der Waals surface area (Å²) in [5.41, 5.74) is 0.936. The van der Waals surface area contributed by atoms with Gasteiger partial charge in [0.2, 0.25) is 0 Å². The zero-order valence-corrected chi connectivity index (χ0v) is 14.3. The van der Waals surface area contributed by atoms with Crippen LogP contribution in [0.25, 0.3) is 22.1 Å². The first kappa shape index (κ1) is 17.1. The fourth-order valence-corrected chi connectivity index (χ4v) is 2.88. The first-order valence-corrected chi connectivity index (χ1v) is 8.65. The lowest BCUT2D eigenvalue weighted by molar-refractivity contribution is -0.145. The van der Waals surface area contributed by atoms with E-state index in [0.717, 1.165) is 41.4 Å². The Kier molecular flexibility index (Phi) is 5.39. The summed E-state index contributed by atoms with van der Waals surface area (Å²) in [7, 11) is 0. The summed E-state index contributed by atoms with van der Waals surface area (Å²) < 4.78 is 11.3. The van der Waals surface area contributed by atoms with Gasteiger partial charge in [0, 0.05) is 16.3 Å². The largest absolute Gasteiger partial charge is 0.479 e. The highest BCUT2D eigenvalue weighted by molar-refractivity contribution is 5.94. The molecule has 2 aromatic carbocycles. The lowest BCUT2D eigenvalue weighted by Crippen LogP contribution is -2.26. The molecule has 0 aliphatic carbocycles. The number of carboxylic acids is 1. The van der Waals surface area contributed by atoms with Crippen molar-refractivity contribution in [2.24, 2.45) is 0 Å². The number of aliphatic carboxylic acids is 1. The fraction of sp³-hybridized carbons (Fsp3) is 0.286. The molecule has 1 unspecified atom stereocenters. The Bertz CT molecular complexity index is 832. The van der Waals surface area contributed by atoms with Crippen LogP contribution in [0.2, 0.25) is 0 Å². The predicted octanol–water partition coefficient (Wildman–Crippen LogP) is 5.51. The van der Waals surface area contributed by atoms with E-state index in [4.69, 9.17) is 9.15 Å². The van der Waals surface area contributed by atoms with Gasteiger partial charge in [-0.2, -0.15) is 0 Å². The van der Waals surface area contributed by atoms with Gasteiger partial charge in [-0.05, 0) is 37.1 Å².